The third-order valence-corrected chi connectivity index (χ3v) is 6.86. The smallest absolute Gasteiger partial charge is 0.264 e. The molecule has 0 saturated heterocycles. The van der Waals surface area contributed by atoms with Crippen molar-refractivity contribution in [1.29, 1.82) is 0 Å². The van der Waals surface area contributed by atoms with Crippen molar-refractivity contribution in [1.82, 2.24) is 0 Å². The Morgan fingerprint density at radius 3 is 1.97 bits per heavy atom. The molecular formula is C23H22BrN3O5S. The van der Waals surface area contributed by atoms with E-state index in [1.54, 1.807) is 48.5 Å². The molecule has 3 aromatic carbocycles. The molecule has 0 heterocycles. The summed E-state index contributed by atoms with van der Waals surface area (Å²) in [5.74, 6) is -0.225. The molecule has 3 aromatic rings. The second kappa shape index (κ2) is 10.5. The van der Waals surface area contributed by atoms with Crippen LogP contribution < -0.4 is 19.7 Å². The highest BCUT2D eigenvalue weighted by Crippen LogP contribution is 2.27. The Morgan fingerprint density at radius 1 is 0.879 bits per heavy atom. The van der Waals surface area contributed by atoms with Crippen LogP contribution in [0.25, 0.3) is 0 Å². The Kier molecular flexibility index (Phi) is 7.72. The summed E-state index contributed by atoms with van der Waals surface area (Å²) in [6, 6.07) is 19.0. The van der Waals surface area contributed by atoms with Gasteiger partial charge in [0.05, 0.1) is 17.7 Å². The predicted octanol–water partition coefficient (Wildman–Crippen LogP) is 4.25. The van der Waals surface area contributed by atoms with Gasteiger partial charge in [0, 0.05) is 22.8 Å². The highest BCUT2D eigenvalue weighted by atomic mass is 79.9. The van der Waals surface area contributed by atoms with Crippen LogP contribution in [-0.4, -0.2) is 33.9 Å². The zero-order chi connectivity index (χ0) is 24.0. The average Bonchev–Trinajstić information content (AvgIpc) is 2.79. The number of hydrogen-bond acceptors (Lipinski definition) is 5. The van der Waals surface area contributed by atoms with Crippen LogP contribution in [0.15, 0.2) is 82.2 Å². The fourth-order valence-corrected chi connectivity index (χ4v) is 4.65. The number of hydrogen-bond donors (Lipinski definition) is 2. The van der Waals surface area contributed by atoms with E-state index in [0.717, 1.165) is 8.78 Å². The Labute approximate surface area is 200 Å². The summed E-state index contributed by atoms with van der Waals surface area (Å²) >= 11 is 3.33. The minimum atomic E-state index is -4.10. The highest BCUT2D eigenvalue weighted by Gasteiger charge is 2.27. The largest absolute Gasteiger partial charge is 0.497 e. The molecule has 0 aliphatic carbocycles. The standard InChI is InChI=1S/C23H22BrN3O5S/c1-16(28)25-18-7-13-22(14-8-18)33(30,31)27(20-9-11-21(32-2)12-10-20)15-23(29)26-19-5-3-17(24)4-6-19/h3-14H,15H2,1-2H3,(H,25,28)(H,26,29). The number of nitrogens with zero attached hydrogens (tertiary/aromatic N) is 1. The van der Waals surface area contributed by atoms with Crippen molar-refractivity contribution in [3.8, 4) is 5.75 Å². The lowest BCUT2D eigenvalue weighted by Crippen LogP contribution is -2.38. The monoisotopic (exact) mass is 531 g/mol. The second-order valence-electron chi connectivity index (χ2n) is 6.97. The highest BCUT2D eigenvalue weighted by molar-refractivity contribution is 9.10. The fourth-order valence-electron chi connectivity index (χ4n) is 2.97. The molecule has 10 heteroatoms. The number of ether oxygens (including phenoxy) is 1. The lowest BCUT2D eigenvalue weighted by molar-refractivity contribution is -0.115. The number of amides is 2. The quantitative estimate of drug-likeness (QED) is 0.452. The van der Waals surface area contributed by atoms with Gasteiger partial charge in [0.25, 0.3) is 10.0 Å². The van der Waals surface area contributed by atoms with Gasteiger partial charge in [0.1, 0.15) is 12.3 Å². The van der Waals surface area contributed by atoms with Crippen LogP contribution in [0.3, 0.4) is 0 Å². The molecule has 0 unspecified atom stereocenters. The van der Waals surface area contributed by atoms with Crippen LogP contribution in [0, 0.1) is 0 Å². The van der Waals surface area contributed by atoms with E-state index in [1.807, 2.05) is 0 Å². The van der Waals surface area contributed by atoms with E-state index in [0.29, 0.717) is 22.8 Å². The molecule has 0 atom stereocenters. The van der Waals surface area contributed by atoms with Crippen molar-refractivity contribution in [3.63, 3.8) is 0 Å². The van der Waals surface area contributed by atoms with Gasteiger partial charge in [-0.15, -0.1) is 0 Å². The normalized spacial score (nSPS) is 10.9. The molecular weight excluding hydrogens is 510 g/mol. The van der Waals surface area contributed by atoms with Crippen molar-refractivity contribution in [2.24, 2.45) is 0 Å². The third-order valence-electron chi connectivity index (χ3n) is 4.54. The van der Waals surface area contributed by atoms with Crippen LogP contribution in [0.4, 0.5) is 17.1 Å². The first kappa shape index (κ1) is 24.3. The number of nitrogens with one attached hydrogen (secondary N) is 2. The maximum Gasteiger partial charge on any atom is 0.264 e. The SMILES string of the molecule is COc1ccc(N(CC(=O)Nc2ccc(Br)cc2)S(=O)(=O)c2ccc(NC(C)=O)cc2)cc1. The van der Waals surface area contributed by atoms with E-state index in [1.165, 1.54) is 38.3 Å². The molecule has 2 amide bonds. The number of carbonyl (C=O) groups excluding carboxylic acids is 2. The van der Waals surface area contributed by atoms with E-state index in [4.69, 9.17) is 4.74 Å². The van der Waals surface area contributed by atoms with Crippen LogP contribution in [0.5, 0.6) is 5.75 Å². The van der Waals surface area contributed by atoms with Crippen LogP contribution >= 0.6 is 15.9 Å². The number of anilines is 3. The Morgan fingerprint density at radius 2 is 1.42 bits per heavy atom. The van der Waals surface area contributed by atoms with Crippen molar-refractivity contribution in [3.05, 3.63) is 77.3 Å². The Bertz CT molecular complexity index is 1230. The molecule has 0 aliphatic heterocycles. The topological polar surface area (TPSA) is 105 Å². The number of sulfonamides is 1. The van der Waals surface area contributed by atoms with Crippen LogP contribution in [-0.2, 0) is 19.6 Å². The lowest BCUT2D eigenvalue weighted by Gasteiger charge is -2.24. The molecule has 0 spiro atoms. The van der Waals surface area contributed by atoms with E-state index >= 15 is 0 Å². The Hall–Kier alpha value is -3.37. The summed E-state index contributed by atoms with van der Waals surface area (Å²) in [6.07, 6.45) is 0. The lowest BCUT2D eigenvalue weighted by atomic mass is 10.3. The first-order chi connectivity index (χ1) is 15.7. The van der Waals surface area contributed by atoms with Gasteiger partial charge < -0.3 is 15.4 Å². The van der Waals surface area contributed by atoms with E-state index in [-0.39, 0.29) is 10.8 Å². The van der Waals surface area contributed by atoms with Gasteiger partial charge >= 0.3 is 0 Å². The summed E-state index contributed by atoms with van der Waals surface area (Å²) in [5.41, 5.74) is 1.30. The minimum absolute atomic E-state index is 0.0242. The summed E-state index contributed by atoms with van der Waals surface area (Å²) in [7, 11) is -2.60. The number of rotatable bonds is 8. The van der Waals surface area contributed by atoms with Crippen molar-refractivity contribution >= 4 is 54.8 Å². The molecule has 0 saturated carbocycles. The van der Waals surface area contributed by atoms with E-state index < -0.39 is 22.5 Å². The minimum Gasteiger partial charge on any atom is -0.497 e. The molecule has 0 fully saturated rings. The number of methoxy groups -OCH3 is 1. The van der Waals surface area contributed by atoms with Crippen molar-refractivity contribution in [2.45, 2.75) is 11.8 Å². The first-order valence-electron chi connectivity index (χ1n) is 9.79. The number of carbonyl (C=O) groups is 2. The van der Waals surface area contributed by atoms with Crippen molar-refractivity contribution in [2.75, 3.05) is 28.6 Å². The zero-order valence-corrected chi connectivity index (χ0v) is 20.3. The van der Waals surface area contributed by atoms with Crippen LogP contribution in [0.2, 0.25) is 0 Å². The number of halogens is 1. The summed E-state index contributed by atoms with van der Waals surface area (Å²) < 4.78 is 34.0. The van der Waals surface area contributed by atoms with Gasteiger partial charge in [-0.05, 0) is 72.8 Å². The Balaban J connectivity index is 1.92. The van der Waals surface area contributed by atoms with E-state index in [9.17, 15) is 18.0 Å². The summed E-state index contributed by atoms with van der Waals surface area (Å²) in [5, 5.41) is 5.30. The maximum absolute atomic E-state index is 13.5. The molecule has 3 rings (SSSR count). The van der Waals surface area contributed by atoms with Gasteiger partial charge in [-0.25, -0.2) is 8.42 Å². The molecule has 172 valence electrons. The molecule has 8 nitrogen and oxygen atoms in total. The third kappa shape index (κ3) is 6.33. The molecule has 2 N–H and O–H groups in total. The first-order valence-corrected chi connectivity index (χ1v) is 12.0. The maximum atomic E-state index is 13.5. The van der Waals surface area contributed by atoms with Crippen LogP contribution in [0.1, 0.15) is 6.92 Å². The zero-order valence-electron chi connectivity index (χ0n) is 17.9. The van der Waals surface area contributed by atoms with Gasteiger partial charge in [-0.3, -0.25) is 13.9 Å². The predicted molar refractivity (Wildman–Crippen MR) is 131 cm³/mol. The second-order valence-corrected chi connectivity index (χ2v) is 9.75. The number of benzene rings is 3. The average molecular weight is 532 g/mol. The van der Waals surface area contributed by atoms with Gasteiger partial charge in [-0.2, -0.15) is 0 Å². The molecule has 0 bridgehead atoms. The molecule has 0 radical (unpaired) electrons. The molecule has 0 aliphatic rings. The van der Waals surface area contributed by atoms with Gasteiger partial charge in [0.15, 0.2) is 0 Å². The fraction of sp³-hybridized carbons (Fsp3) is 0.130. The molecule has 0 aromatic heterocycles. The van der Waals surface area contributed by atoms with Crippen molar-refractivity contribution < 1.29 is 22.7 Å². The van der Waals surface area contributed by atoms with Gasteiger partial charge in [-0.1, -0.05) is 15.9 Å². The van der Waals surface area contributed by atoms with Gasteiger partial charge in [0.2, 0.25) is 11.8 Å². The summed E-state index contributed by atoms with van der Waals surface area (Å²) in [6.45, 7) is 0.915. The summed E-state index contributed by atoms with van der Waals surface area (Å²) in [4.78, 5) is 24.0. The van der Waals surface area contributed by atoms with E-state index in [2.05, 4.69) is 26.6 Å². The molecule has 33 heavy (non-hydrogen) atoms.